The number of carbonyl (C=O) groups excluding carboxylic acids is 1. The zero-order chi connectivity index (χ0) is 14.5. The minimum Gasteiger partial charge on any atom is -0.478 e. The molecule has 2 rings (SSSR count). The number of nitrogens with zero attached hydrogens (tertiary/aromatic N) is 1. The Bertz CT molecular complexity index is 467. The molecule has 1 aromatic carbocycles. The Labute approximate surface area is 118 Å². The summed E-state index contributed by atoms with van der Waals surface area (Å²) in [5, 5.41) is 0. The number of rotatable bonds is 5. The Morgan fingerprint density at radius 1 is 1.55 bits per heavy atom. The van der Waals surface area contributed by atoms with Crippen molar-refractivity contribution in [1.29, 1.82) is 0 Å². The highest BCUT2D eigenvalue weighted by Gasteiger charge is 2.30. The summed E-state index contributed by atoms with van der Waals surface area (Å²) in [5.74, 6) is -0.0288. The maximum absolute atomic E-state index is 13.6. The molecule has 0 aliphatic carbocycles. The molecule has 5 heteroatoms. The number of hydrogen-bond donors (Lipinski definition) is 1. The van der Waals surface area contributed by atoms with Crippen LogP contribution < -0.4 is 10.5 Å². The van der Waals surface area contributed by atoms with Gasteiger partial charge in [-0.1, -0.05) is 19.1 Å². The van der Waals surface area contributed by atoms with Gasteiger partial charge in [0.1, 0.15) is 0 Å². The summed E-state index contributed by atoms with van der Waals surface area (Å²) in [4.78, 5) is 14.2. The van der Waals surface area contributed by atoms with E-state index in [4.69, 9.17) is 10.5 Å². The maximum atomic E-state index is 13.6. The summed E-state index contributed by atoms with van der Waals surface area (Å²) in [6, 6.07) is 6.15. The monoisotopic (exact) mass is 280 g/mol. The summed E-state index contributed by atoms with van der Waals surface area (Å²) < 4.78 is 19.1. The van der Waals surface area contributed by atoms with Crippen LogP contribution in [0.3, 0.4) is 0 Å². The number of nitrogens with two attached hydrogens (primary N) is 1. The van der Waals surface area contributed by atoms with Crippen molar-refractivity contribution in [2.75, 3.05) is 19.6 Å². The molecule has 2 atom stereocenters. The highest BCUT2D eigenvalue weighted by molar-refractivity contribution is 5.81. The minimum absolute atomic E-state index is 0.0771. The molecular weight excluding hydrogens is 259 g/mol. The first kappa shape index (κ1) is 14.8. The third-order valence-corrected chi connectivity index (χ3v) is 3.68. The Hall–Kier alpha value is -1.62. The summed E-state index contributed by atoms with van der Waals surface area (Å²) >= 11 is 0. The van der Waals surface area contributed by atoms with E-state index in [-0.39, 0.29) is 11.7 Å². The van der Waals surface area contributed by atoms with E-state index in [9.17, 15) is 9.18 Å². The average molecular weight is 280 g/mol. The van der Waals surface area contributed by atoms with Gasteiger partial charge in [0.2, 0.25) is 0 Å². The van der Waals surface area contributed by atoms with Crippen molar-refractivity contribution >= 4 is 5.91 Å². The number of halogens is 1. The van der Waals surface area contributed by atoms with Crippen LogP contribution in [-0.2, 0) is 4.79 Å². The van der Waals surface area contributed by atoms with Crippen LogP contribution in [0.4, 0.5) is 4.39 Å². The van der Waals surface area contributed by atoms with E-state index in [1.165, 1.54) is 12.1 Å². The first-order valence-electron chi connectivity index (χ1n) is 7.05. The predicted molar refractivity (Wildman–Crippen MR) is 74.8 cm³/mol. The lowest BCUT2D eigenvalue weighted by molar-refractivity contribution is -0.138. The van der Waals surface area contributed by atoms with E-state index in [0.717, 1.165) is 6.42 Å². The van der Waals surface area contributed by atoms with Gasteiger partial charge in [-0.25, -0.2) is 4.39 Å². The highest BCUT2D eigenvalue weighted by atomic mass is 19.1. The molecular formula is C15H21FN2O2. The third kappa shape index (κ3) is 3.28. The van der Waals surface area contributed by atoms with E-state index >= 15 is 0 Å². The van der Waals surface area contributed by atoms with Crippen molar-refractivity contribution in [1.82, 2.24) is 4.90 Å². The second kappa shape index (κ2) is 6.70. The fraction of sp³-hybridized carbons (Fsp3) is 0.533. The van der Waals surface area contributed by atoms with Crippen LogP contribution in [0.2, 0.25) is 0 Å². The fourth-order valence-corrected chi connectivity index (χ4v) is 2.43. The second-order valence-electron chi connectivity index (χ2n) is 5.12. The Balaban J connectivity index is 2.01. The molecule has 0 bridgehead atoms. The lowest BCUT2D eigenvalue weighted by atomic mass is 10.1. The predicted octanol–water partition coefficient (Wildman–Crippen LogP) is 1.79. The van der Waals surface area contributed by atoms with Gasteiger partial charge in [0, 0.05) is 13.1 Å². The summed E-state index contributed by atoms with van der Waals surface area (Å²) in [6.07, 6.45) is 0.804. The summed E-state index contributed by atoms with van der Waals surface area (Å²) in [7, 11) is 0. The first-order chi connectivity index (χ1) is 9.65. The molecule has 1 aliphatic heterocycles. The minimum atomic E-state index is -0.636. The molecule has 1 saturated heterocycles. The number of likely N-dealkylation sites (tertiary alicyclic amines) is 1. The molecule has 0 aromatic heterocycles. The van der Waals surface area contributed by atoms with Crippen molar-refractivity contribution in [3.8, 4) is 5.75 Å². The van der Waals surface area contributed by atoms with E-state index < -0.39 is 11.9 Å². The maximum Gasteiger partial charge on any atom is 0.263 e. The van der Waals surface area contributed by atoms with E-state index in [1.54, 1.807) is 17.0 Å². The zero-order valence-electron chi connectivity index (χ0n) is 11.7. The number of carbonyl (C=O) groups is 1. The van der Waals surface area contributed by atoms with Gasteiger partial charge in [0.05, 0.1) is 0 Å². The van der Waals surface area contributed by atoms with Gasteiger partial charge in [-0.05, 0) is 37.4 Å². The topological polar surface area (TPSA) is 55.6 Å². The van der Waals surface area contributed by atoms with Gasteiger partial charge in [-0.15, -0.1) is 0 Å². The fourth-order valence-electron chi connectivity index (χ4n) is 2.43. The molecule has 110 valence electrons. The van der Waals surface area contributed by atoms with E-state index in [0.29, 0.717) is 32.0 Å². The molecule has 1 aromatic rings. The lowest BCUT2D eigenvalue weighted by Crippen LogP contribution is -2.41. The van der Waals surface area contributed by atoms with Gasteiger partial charge in [-0.3, -0.25) is 4.79 Å². The third-order valence-electron chi connectivity index (χ3n) is 3.68. The van der Waals surface area contributed by atoms with Crippen molar-refractivity contribution in [3.05, 3.63) is 30.1 Å². The number of hydrogen-bond acceptors (Lipinski definition) is 3. The van der Waals surface area contributed by atoms with E-state index in [2.05, 4.69) is 0 Å². The van der Waals surface area contributed by atoms with Crippen molar-refractivity contribution in [3.63, 3.8) is 0 Å². The molecule has 1 fully saturated rings. The number of para-hydroxylation sites is 1. The SMILES string of the molecule is CCC(Oc1ccccc1F)C(=O)N1CCC(CN)C1. The van der Waals surface area contributed by atoms with Gasteiger partial charge in [0.15, 0.2) is 17.7 Å². The summed E-state index contributed by atoms with van der Waals surface area (Å²) in [6.45, 7) is 3.83. The summed E-state index contributed by atoms with van der Waals surface area (Å²) in [5.41, 5.74) is 5.63. The first-order valence-corrected chi connectivity index (χ1v) is 7.05. The standard InChI is InChI=1S/C15H21FN2O2/c1-2-13(20-14-6-4-3-5-12(14)16)15(19)18-8-7-11(9-17)10-18/h3-6,11,13H,2,7-10,17H2,1H3. The highest BCUT2D eigenvalue weighted by Crippen LogP contribution is 2.21. The van der Waals surface area contributed by atoms with Gasteiger partial charge >= 0.3 is 0 Å². The normalized spacial score (nSPS) is 19.9. The average Bonchev–Trinajstić information content (AvgIpc) is 2.94. The molecule has 1 aliphatic rings. The van der Waals surface area contributed by atoms with Crippen LogP contribution in [0.25, 0.3) is 0 Å². The van der Waals surface area contributed by atoms with Crippen molar-refractivity contribution in [2.45, 2.75) is 25.9 Å². The van der Waals surface area contributed by atoms with Crippen LogP contribution in [-0.4, -0.2) is 36.5 Å². The zero-order valence-corrected chi connectivity index (χ0v) is 11.7. The van der Waals surface area contributed by atoms with Crippen molar-refractivity contribution < 1.29 is 13.9 Å². The molecule has 20 heavy (non-hydrogen) atoms. The lowest BCUT2D eigenvalue weighted by Gasteiger charge is -2.23. The smallest absolute Gasteiger partial charge is 0.263 e. The van der Waals surface area contributed by atoms with Gasteiger partial charge in [-0.2, -0.15) is 0 Å². The van der Waals surface area contributed by atoms with E-state index in [1.807, 2.05) is 6.92 Å². The van der Waals surface area contributed by atoms with Gasteiger partial charge in [0.25, 0.3) is 5.91 Å². The Kier molecular flexibility index (Phi) is 4.95. The second-order valence-corrected chi connectivity index (χ2v) is 5.12. The van der Waals surface area contributed by atoms with Crippen LogP contribution in [0.1, 0.15) is 19.8 Å². The largest absolute Gasteiger partial charge is 0.478 e. The molecule has 1 heterocycles. The molecule has 0 saturated carbocycles. The number of ether oxygens (including phenoxy) is 1. The van der Waals surface area contributed by atoms with Crippen LogP contribution in [0, 0.1) is 11.7 Å². The Morgan fingerprint density at radius 2 is 2.30 bits per heavy atom. The molecule has 4 nitrogen and oxygen atoms in total. The number of benzene rings is 1. The molecule has 2 N–H and O–H groups in total. The van der Waals surface area contributed by atoms with Crippen LogP contribution in [0.15, 0.2) is 24.3 Å². The quantitative estimate of drug-likeness (QED) is 0.894. The van der Waals surface area contributed by atoms with Gasteiger partial charge < -0.3 is 15.4 Å². The van der Waals surface area contributed by atoms with Crippen molar-refractivity contribution in [2.24, 2.45) is 11.7 Å². The van der Waals surface area contributed by atoms with Crippen LogP contribution >= 0.6 is 0 Å². The molecule has 0 radical (unpaired) electrons. The molecule has 2 unspecified atom stereocenters. The molecule has 1 amide bonds. The van der Waals surface area contributed by atoms with Crippen LogP contribution in [0.5, 0.6) is 5.75 Å². The number of amides is 1. The Morgan fingerprint density at radius 3 is 2.90 bits per heavy atom. The molecule has 0 spiro atoms.